The zero-order valence-electron chi connectivity index (χ0n) is 10.8. The van der Waals surface area contributed by atoms with Crippen molar-refractivity contribution in [2.45, 2.75) is 32.7 Å². The van der Waals surface area contributed by atoms with Crippen LogP contribution in [0.3, 0.4) is 0 Å². The fourth-order valence-electron chi connectivity index (χ4n) is 2.39. The Hall–Kier alpha value is -1.39. The number of benzene rings is 1. The van der Waals surface area contributed by atoms with E-state index in [-0.39, 0.29) is 0 Å². The van der Waals surface area contributed by atoms with Crippen LogP contribution in [0.2, 0.25) is 0 Å². The summed E-state index contributed by atoms with van der Waals surface area (Å²) in [4.78, 5) is 13.8. The van der Waals surface area contributed by atoms with E-state index in [9.17, 15) is 4.79 Å². The molecule has 18 heavy (non-hydrogen) atoms. The molecule has 0 unspecified atom stereocenters. The minimum atomic E-state index is -0.439. The average molecular weight is 248 g/mol. The van der Waals surface area contributed by atoms with Crippen LogP contribution in [0.1, 0.15) is 41.3 Å². The second-order valence-corrected chi connectivity index (χ2v) is 4.80. The highest BCUT2D eigenvalue weighted by atomic mass is 16.5. The number of amides is 1. The Labute approximate surface area is 108 Å². The minimum Gasteiger partial charge on any atom is -0.299 e. The van der Waals surface area contributed by atoms with E-state index >= 15 is 0 Å². The lowest BCUT2D eigenvalue weighted by Gasteiger charge is -2.28. The second kappa shape index (κ2) is 5.98. The van der Waals surface area contributed by atoms with Gasteiger partial charge in [-0.15, -0.1) is 0 Å². The first kappa shape index (κ1) is 13.1. The zero-order valence-corrected chi connectivity index (χ0v) is 10.8. The van der Waals surface area contributed by atoms with E-state index in [1.807, 2.05) is 12.1 Å². The number of hydrogen-bond acceptors (Lipinski definition) is 3. The number of hydroxylamine groups is 1. The Morgan fingerprint density at radius 2 is 2.28 bits per heavy atom. The quantitative estimate of drug-likeness (QED) is 0.632. The molecule has 0 fully saturated rings. The smallest absolute Gasteiger partial charge is 0.274 e. The number of carbonyl (C=O) groups excluding carboxylic acids is 1. The van der Waals surface area contributed by atoms with Crippen LogP contribution in [0.25, 0.3) is 0 Å². The van der Waals surface area contributed by atoms with Gasteiger partial charge in [0, 0.05) is 18.7 Å². The van der Waals surface area contributed by atoms with Gasteiger partial charge < -0.3 is 0 Å². The van der Waals surface area contributed by atoms with Gasteiger partial charge in [0.1, 0.15) is 0 Å². The van der Waals surface area contributed by atoms with Crippen molar-refractivity contribution < 1.29 is 10.0 Å². The molecule has 0 spiro atoms. The molecule has 4 heteroatoms. The highest BCUT2D eigenvalue weighted by Gasteiger charge is 2.17. The largest absolute Gasteiger partial charge is 0.299 e. The minimum absolute atomic E-state index is 0.439. The van der Waals surface area contributed by atoms with Crippen LogP contribution >= 0.6 is 0 Å². The molecule has 2 N–H and O–H groups in total. The molecule has 1 aromatic rings. The molecule has 1 amide bonds. The standard InChI is InChI=1S/C14H20N2O2/c1-2-3-7-16-8-6-11-9-12(14(17)15-18)4-5-13(11)10-16/h4-5,9,18H,2-3,6-8,10H2,1H3,(H,15,17). The Morgan fingerprint density at radius 1 is 1.44 bits per heavy atom. The van der Waals surface area contributed by atoms with Crippen molar-refractivity contribution in [2.75, 3.05) is 13.1 Å². The third-order valence-electron chi connectivity index (χ3n) is 3.49. The summed E-state index contributed by atoms with van der Waals surface area (Å²) in [5, 5.41) is 8.62. The number of carbonyl (C=O) groups is 1. The summed E-state index contributed by atoms with van der Waals surface area (Å²) in [7, 11) is 0. The van der Waals surface area contributed by atoms with Gasteiger partial charge in [0.25, 0.3) is 5.91 Å². The summed E-state index contributed by atoms with van der Waals surface area (Å²) >= 11 is 0. The van der Waals surface area contributed by atoms with Crippen molar-refractivity contribution in [3.05, 3.63) is 34.9 Å². The van der Waals surface area contributed by atoms with E-state index in [2.05, 4.69) is 11.8 Å². The summed E-state index contributed by atoms with van der Waals surface area (Å²) in [6.45, 7) is 5.38. The van der Waals surface area contributed by atoms with Gasteiger partial charge in [0.05, 0.1) is 0 Å². The summed E-state index contributed by atoms with van der Waals surface area (Å²) < 4.78 is 0. The molecule has 0 saturated heterocycles. The topological polar surface area (TPSA) is 52.6 Å². The van der Waals surface area contributed by atoms with E-state index in [4.69, 9.17) is 5.21 Å². The Morgan fingerprint density at radius 3 is 3.00 bits per heavy atom. The van der Waals surface area contributed by atoms with Gasteiger partial charge in [0.2, 0.25) is 0 Å². The SMILES string of the molecule is CCCCN1CCc2cc(C(=O)NO)ccc2C1. The van der Waals surface area contributed by atoms with E-state index in [1.165, 1.54) is 24.0 Å². The number of fused-ring (bicyclic) bond motifs is 1. The molecule has 4 nitrogen and oxygen atoms in total. The van der Waals surface area contributed by atoms with Crippen molar-refractivity contribution >= 4 is 5.91 Å². The van der Waals surface area contributed by atoms with Gasteiger partial charge in [0.15, 0.2) is 0 Å². The van der Waals surface area contributed by atoms with Crippen LogP contribution < -0.4 is 5.48 Å². The number of nitrogens with zero attached hydrogens (tertiary/aromatic N) is 1. The second-order valence-electron chi connectivity index (χ2n) is 4.80. The van der Waals surface area contributed by atoms with E-state index in [1.54, 1.807) is 11.5 Å². The third kappa shape index (κ3) is 2.89. The lowest BCUT2D eigenvalue weighted by molar-refractivity contribution is 0.0706. The molecule has 2 rings (SSSR count). The van der Waals surface area contributed by atoms with Crippen molar-refractivity contribution in [1.82, 2.24) is 10.4 Å². The first-order valence-electron chi connectivity index (χ1n) is 6.53. The molecule has 0 aliphatic carbocycles. The average Bonchev–Trinajstić information content (AvgIpc) is 2.43. The van der Waals surface area contributed by atoms with Crippen molar-refractivity contribution in [2.24, 2.45) is 0 Å². The molecule has 0 atom stereocenters. The monoisotopic (exact) mass is 248 g/mol. The van der Waals surface area contributed by atoms with E-state index in [0.29, 0.717) is 5.56 Å². The molecule has 1 aliphatic heterocycles. The Balaban J connectivity index is 2.08. The molecule has 98 valence electrons. The molecular weight excluding hydrogens is 228 g/mol. The molecular formula is C14H20N2O2. The third-order valence-corrected chi connectivity index (χ3v) is 3.49. The Bertz CT molecular complexity index is 432. The van der Waals surface area contributed by atoms with Crippen LogP contribution in [0.5, 0.6) is 0 Å². The number of rotatable bonds is 4. The van der Waals surface area contributed by atoms with Crippen LogP contribution in [-0.2, 0) is 13.0 Å². The first-order chi connectivity index (χ1) is 8.74. The van der Waals surface area contributed by atoms with E-state index in [0.717, 1.165) is 26.1 Å². The zero-order chi connectivity index (χ0) is 13.0. The Kier molecular flexibility index (Phi) is 4.33. The lowest BCUT2D eigenvalue weighted by Crippen LogP contribution is -2.31. The van der Waals surface area contributed by atoms with Crippen molar-refractivity contribution in [3.63, 3.8) is 0 Å². The summed E-state index contributed by atoms with van der Waals surface area (Å²) in [6.07, 6.45) is 3.44. The van der Waals surface area contributed by atoms with Gasteiger partial charge >= 0.3 is 0 Å². The number of nitrogens with one attached hydrogen (secondary N) is 1. The fourth-order valence-corrected chi connectivity index (χ4v) is 2.39. The van der Waals surface area contributed by atoms with Crippen LogP contribution in [-0.4, -0.2) is 29.1 Å². The molecule has 0 radical (unpaired) electrons. The normalized spacial score (nSPS) is 15.2. The maximum absolute atomic E-state index is 11.3. The summed E-state index contributed by atoms with van der Waals surface area (Å²) in [6, 6.07) is 5.66. The van der Waals surface area contributed by atoms with Gasteiger partial charge in [-0.25, -0.2) is 5.48 Å². The molecule has 0 bridgehead atoms. The van der Waals surface area contributed by atoms with Crippen LogP contribution in [0.4, 0.5) is 0 Å². The first-order valence-corrected chi connectivity index (χ1v) is 6.53. The summed E-state index contributed by atoms with van der Waals surface area (Å²) in [5.41, 5.74) is 4.73. The summed E-state index contributed by atoms with van der Waals surface area (Å²) in [5.74, 6) is -0.439. The van der Waals surface area contributed by atoms with Crippen LogP contribution in [0.15, 0.2) is 18.2 Å². The number of hydrogen-bond donors (Lipinski definition) is 2. The molecule has 1 aliphatic rings. The van der Waals surface area contributed by atoms with Gasteiger partial charge in [-0.1, -0.05) is 19.4 Å². The van der Waals surface area contributed by atoms with Crippen molar-refractivity contribution in [3.8, 4) is 0 Å². The predicted octanol–water partition coefficient (Wildman–Crippen LogP) is 1.96. The highest BCUT2D eigenvalue weighted by molar-refractivity contribution is 5.93. The fraction of sp³-hybridized carbons (Fsp3) is 0.500. The maximum atomic E-state index is 11.3. The lowest BCUT2D eigenvalue weighted by atomic mass is 9.97. The number of unbranched alkanes of at least 4 members (excludes halogenated alkanes) is 1. The van der Waals surface area contributed by atoms with E-state index < -0.39 is 5.91 Å². The van der Waals surface area contributed by atoms with Gasteiger partial charge in [-0.2, -0.15) is 0 Å². The molecule has 0 saturated carbocycles. The van der Waals surface area contributed by atoms with Gasteiger partial charge in [-0.3, -0.25) is 14.9 Å². The highest BCUT2D eigenvalue weighted by Crippen LogP contribution is 2.20. The van der Waals surface area contributed by atoms with Gasteiger partial charge in [-0.05, 0) is 42.6 Å². The van der Waals surface area contributed by atoms with Crippen molar-refractivity contribution in [1.29, 1.82) is 0 Å². The molecule has 1 aromatic carbocycles. The molecule has 0 aromatic heterocycles. The van der Waals surface area contributed by atoms with Crippen LogP contribution in [0, 0.1) is 0 Å². The predicted molar refractivity (Wildman–Crippen MR) is 69.6 cm³/mol. The molecule has 1 heterocycles. The maximum Gasteiger partial charge on any atom is 0.274 e.